The van der Waals surface area contributed by atoms with Crippen LogP contribution in [0.4, 0.5) is 24.8 Å². The minimum Gasteiger partial charge on any atom is -0.383 e. The van der Waals surface area contributed by atoms with Gasteiger partial charge in [-0.25, -0.2) is 24.5 Å². The molecule has 2 aliphatic rings. The third kappa shape index (κ3) is 3.85. The summed E-state index contributed by atoms with van der Waals surface area (Å²) in [5.74, 6) is 0.277. The monoisotopic (exact) mass is 509 g/mol. The zero-order chi connectivity index (χ0) is 25.9. The zero-order valence-electron chi connectivity index (χ0n) is 19.7. The largest absolute Gasteiger partial charge is 0.389 e. The first-order chi connectivity index (χ1) is 17.7. The Bertz CT molecular complexity index is 1530. The zero-order valence-corrected chi connectivity index (χ0v) is 19.7. The highest BCUT2D eigenvalue weighted by molar-refractivity contribution is 6.09. The van der Waals surface area contributed by atoms with Gasteiger partial charge in [0.2, 0.25) is 5.91 Å². The summed E-state index contributed by atoms with van der Waals surface area (Å²) in [6, 6.07) is 3.74. The van der Waals surface area contributed by atoms with Gasteiger partial charge in [-0.3, -0.25) is 9.78 Å². The molecule has 3 N–H and O–H groups in total. The van der Waals surface area contributed by atoms with Gasteiger partial charge in [-0.2, -0.15) is 18.3 Å². The number of carbonyl (C=O) groups excluding carboxylic acids is 1. The van der Waals surface area contributed by atoms with Crippen LogP contribution in [-0.2, 0) is 16.6 Å². The molecule has 1 atom stereocenters. The summed E-state index contributed by atoms with van der Waals surface area (Å²) in [4.78, 5) is 35.8. The quantitative estimate of drug-likeness (QED) is 0.404. The predicted molar refractivity (Wildman–Crippen MR) is 126 cm³/mol. The smallest absolute Gasteiger partial charge is 0.383 e. The van der Waals surface area contributed by atoms with E-state index in [1.807, 2.05) is 19.1 Å². The van der Waals surface area contributed by atoms with E-state index in [0.29, 0.717) is 22.6 Å². The summed E-state index contributed by atoms with van der Waals surface area (Å²) in [6.07, 6.45) is 0.907. The molecular weight excluding hydrogens is 487 g/mol. The summed E-state index contributed by atoms with van der Waals surface area (Å²) >= 11 is 0. The number of hydrogen-bond donors (Lipinski definition) is 2. The van der Waals surface area contributed by atoms with Crippen molar-refractivity contribution < 1.29 is 18.0 Å². The predicted octanol–water partition coefficient (Wildman–Crippen LogP) is 3.40. The number of pyridine rings is 1. The second-order valence-electron chi connectivity index (χ2n) is 9.48. The maximum Gasteiger partial charge on any atom is 0.389 e. The lowest BCUT2D eigenvalue weighted by molar-refractivity contribution is -0.135. The Morgan fingerprint density at radius 3 is 2.70 bits per heavy atom. The lowest BCUT2D eigenvalue weighted by atomic mass is 9.74. The Morgan fingerprint density at radius 2 is 2.00 bits per heavy atom. The first-order valence-corrected chi connectivity index (χ1v) is 11.9. The maximum absolute atomic E-state index is 13.5. The minimum atomic E-state index is -4.27. The van der Waals surface area contributed by atoms with Gasteiger partial charge in [0.15, 0.2) is 11.5 Å². The highest BCUT2D eigenvalue weighted by Gasteiger charge is 2.60. The van der Waals surface area contributed by atoms with E-state index in [1.165, 1.54) is 17.0 Å². The van der Waals surface area contributed by atoms with E-state index >= 15 is 0 Å². The highest BCUT2D eigenvalue weighted by atomic mass is 19.4. The number of fused-ring (bicyclic) bond motifs is 2. The molecule has 1 aliphatic heterocycles. The third-order valence-corrected chi connectivity index (χ3v) is 6.86. The maximum atomic E-state index is 13.5. The van der Waals surface area contributed by atoms with E-state index in [9.17, 15) is 18.0 Å². The number of amides is 1. The fourth-order valence-electron chi connectivity index (χ4n) is 5.08. The minimum absolute atomic E-state index is 0.0190. The van der Waals surface area contributed by atoms with Gasteiger partial charge in [0.05, 0.1) is 23.1 Å². The molecule has 4 aromatic rings. The van der Waals surface area contributed by atoms with Gasteiger partial charge in [-0.1, -0.05) is 6.07 Å². The molecule has 1 fully saturated rings. The van der Waals surface area contributed by atoms with Crippen molar-refractivity contribution in [3.63, 3.8) is 0 Å². The normalized spacial score (nSPS) is 19.3. The van der Waals surface area contributed by atoms with Crippen LogP contribution in [0.25, 0.3) is 17.2 Å². The summed E-state index contributed by atoms with van der Waals surface area (Å²) in [7, 11) is 0. The molecule has 5 heterocycles. The van der Waals surface area contributed by atoms with Crippen molar-refractivity contribution >= 4 is 23.2 Å². The molecule has 0 aromatic carbocycles. The van der Waals surface area contributed by atoms with E-state index in [4.69, 9.17) is 5.73 Å². The summed E-state index contributed by atoms with van der Waals surface area (Å²) in [5.41, 5.74) is 8.39. The molecule has 0 radical (unpaired) electrons. The number of nitrogen functional groups attached to an aromatic ring is 1. The molecule has 1 aliphatic carbocycles. The van der Waals surface area contributed by atoms with E-state index < -0.39 is 18.0 Å². The lowest BCUT2D eigenvalue weighted by Crippen LogP contribution is -2.39. The molecule has 1 saturated carbocycles. The topological polar surface area (TPSA) is 137 Å². The second kappa shape index (κ2) is 8.18. The second-order valence-corrected chi connectivity index (χ2v) is 9.48. The number of aryl methyl sites for hydroxylation is 2. The molecule has 0 bridgehead atoms. The number of rotatable bonds is 6. The molecule has 190 valence electrons. The third-order valence-electron chi connectivity index (χ3n) is 6.86. The van der Waals surface area contributed by atoms with Gasteiger partial charge in [0, 0.05) is 12.6 Å². The van der Waals surface area contributed by atoms with Crippen LogP contribution in [0.5, 0.6) is 0 Å². The van der Waals surface area contributed by atoms with Gasteiger partial charge in [-0.05, 0) is 50.2 Å². The fourth-order valence-corrected chi connectivity index (χ4v) is 5.08. The van der Waals surface area contributed by atoms with E-state index in [1.54, 1.807) is 6.20 Å². The van der Waals surface area contributed by atoms with Crippen LogP contribution >= 0.6 is 0 Å². The fraction of sp³-hybridized carbons (Fsp3) is 0.375. The number of nitrogens with zero attached hydrogens (tertiary/aromatic N) is 7. The first kappa shape index (κ1) is 23.3. The molecule has 4 aromatic heterocycles. The van der Waals surface area contributed by atoms with E-state index in [-0.39, 0.29) is 47.8 Å². The Hall–Kier alpha value is -4.16. The van der Waals surface area contributed by atoms with Crippen molar-refractivity contribution in [3.8, 4) is 11.5 Å². The van der Waals surface area contributed by atoms with Crippen molar-refractivity contribution in [2.75, 3.05) is 11.1 Å². The Balaban J connectivity index is 1.43. The van der Waals surface area contributed by atoms with Gasteiger partial charge in [-0.15, -0.1) is 0 Å². The highest BCUT2D eigenvalue weighted by Crippen LogP contribution is 2.57. The number of nitrogens with two attached hydrogens (primary N) is 1. The van der Waals surface area contributed by atoms with Gasteiger partial charge in [0.1, 0.15) is 29.1 Å². The van der Waals surface area contributed by atoms with Crippen LogP contribution in [0.2, 0.25) is 0 Å². The van der Waals surface area contributed by atoms with Crippen LogP contribution in [0.15, 0.2) is 30.9 Å². The molecule has 13 heteroatoms. The van der Waals surface area contributed by atoms with Gasteiger partial charge < -0.3 is 11.1 Å². The number of hydrogen-bond acceptors (Lipinski definition) is 8. The molecular formula is C24H22F3N9O. The number of alkyl halides is 3. The number of carbonyl (C=O) groups is 1. The van der Waals surface area contributed by atoms with Crippen molar-refractivity contribution in [2.45, 2.75) is 50.6 Å². The average Bonchev–Trinajstić information content (AvgIpc) is 3.49. The lowest BCUT2D eigenvalue weighted by Gasteiger charge is -2.27. The van der Waals surface area contributed by atoms with Crippen molar-refractivity contribution in [2.24, 2.45) is 5.92 Å². The average molecular weight is 509 g/mol. The van der Waals surface area contributed by atoms with Crippen LogP contribution < -0.4 is 11.1 Å². The molecule has 0 spiro atoms. The SMILES string of the molecule is Cc1ccc(C2(C3CC3)C(=O)Nc3nc(-c4cn5ncnc5c(CCCC(F)(F)F)n4)nc(N)c32)nc1. The van der Waals surface area contributed by atoms with Gasteiger partial charge in [0.25, 0.3) is 0 Å². The van der Waals surface area contributed by atoms with Crippen LogP contribution in [-0.4, -0.2) is 46.6 Å². The van der Waals surface area contributed by atoms with Crippen molar-refractivity contribution in [1.82, 2.24) is 34.5 Å². The number of nitrogens with one attached hydrogen (secondary N) is 1. The number of aromatic nitrogens is 7. The van der Waals surface area contributed by atoms with Crippen molar-refractivity contribution in [3.05, 3.63) is 53.4 Å². The molecule has 6 rings (SSSR count). The molecule has 1 amide bonds. The van der Waals surface area contributed by atoms with Crippen LogP contribution in [0.3, 0.4) is 0 Å². The van der Waals surface area contributed by atoms with Gasteiger partial charge >= 0.3 is 6.18 Å². The molecule has 10 nitrogen and oxygen atoms in total. The molecule has 37 heavy (non-hydrogen) atoms. The Kier molecular flexibility index (Phi) is 5.14. The molecule has 0 saturated heterocycles. The van der Waals surface area contributed by atoms with Crippen molar-refractivity contribution in [1.29, 1.82) is 0 Å². The summed E-state index contributed by atoms with van der Waals surface area (Å²) < 4.78 is 39.5. The van der Waals surface area contributed by atoms with Crippen LogP contribution in [0.1, 0.15) is 48.2 Å². The Labute approximate surface area is 208 Å². The number of halogens is 3. The molecule has 1 unspecified atom stereocenters. The standard InChI is InChI=1S/C24H22F3N9O/c1-12-4-7-16(29-9-12)24(13-5-6-13)17-18(28)33-19(34-20(17)35-22(24)37)15-10-36-21(30-11-31-36)14(32-15)3-2-8-23(25,26)27/h4,7,9-11,13H,2-3,5-6,8H2,1H3,(H3,28,33,34,35,37). The summed E-state index contributed by atoms with van der Waals surface area (Å²) in [6.45, 7) is 1.92. The van der Waals surface area contributed by atoms with E-state index in [0.717, 1.165) is 18.4 Å². The van der Waals surface area contributed by atoms with Crippen LogP contribution in [0, 0.1) is 12.8 Å². The van der Waals surface area contributed by atoms with E-state index in [2.05, 4.69) is 35.3 Å². The Morgan fingerprint density at radius 1 is 1.19 bits per heavy atom. The first-order valence-electron chi connectivity index (χ1n) is 11.9. The number of anilines is 2. The summed E-state index contributed by atoms with van der Waals surface area (Å²) in [5, 5.41) is 6.98.